The molecule has 0 spiro atoms. The fraction of sp³-hybridized carbons (Fsp3) is 0.714. The van der Waals surface area contributed by atoms with Crippen LogP contribution in [0.4, 0.5) is 0 Å². The van der Waals surface area contributed by atoms with Crippen molar-refractivity contribution in [1.82, 2.24) is 4.90 Å². The Bertz CT molecular complexity index is 217. The monoisotopic (exact) mass is 171 g/mol. The minimum Gasteiger partial charge on any atom is -0.465 e. The predicted molar refractivity (Wildman–Crippen MR) is 37.0 cm³/mol. The molecule has 0 aromatic rings. The summed E-state index contributed by atoms with van der Waals surface area (Å²) in [5.41, 5.74) is 0. The van der Waals surface area contributed by atoms with E-state index in [0.717, 1.165) is 0 Å². The van der Waals surface area contributed by atoms with Crippen LogP contribution in [0, 0.1) is 0 Å². The Kier molecular flexibility index (Phi) is 1.73. The minimum atomic E-state index is -0.133. The molecule has 66 valence electrons. The van der Waals surface area contributed by atoms with Crippen LogP contribution in [0.5, 0.6) is 0 Å². The van der Waals surface area contributed by atoms with Crippen molar-refractivity contribution in [3.8, 4) is 0 Å². The number of carbonyl (C=O) groups is 2. The highest BCUT2D eigenvalue weighted by atomic mass is 16.6. The first-order valence-electron chi connectivity index (χ1n) is 3.81. The third-order valence-corrected chi connectivity index (χ3v) is 2.12. The van der Waals surface area contributed by atoms with Crippen LogP contribution in [-0.4, -0.2) is 42.8 Å². The molecule has 2 rings (SSSR count). The summed E-state index contributed by atoms with van der Waals surface area (Å²) in [5, 5.41) is 0. The van der Waals surface area contributed by atoms with E-state index >= 15 is 0 Å². The SMILES string of the molecule is O=COCC1CN2C(=O)CC2O1. The Balaban J connectivity index is 1.82. The molecule has 5 heteroatoms. The molecule has 0 aromatic heterocycles. The average molecular weight is 171 g/mol. The number of amides is 1. The molecule has 2 atom stereocenters. The molecule has 2 unspecified atom stereocenters. The van der Waals surface area contributed by atoms with Crippen molar-refractivity contribution in [1.29, 1.82) is 0 Å². The van der Waals surface area contributed by atoms with E-state index in [9.17, 15) is 9.59 Å². The molecule has 2 saturated heterocycles. The Morgan fingerprint density at radius 2 is 2.58 bits per heavy atom. The molecule has 1 amide bonds. The van der Waals surface area contributed by atoms with Crippen molar-refractivity contribution >= 4 is 12.4 Å². The summed E-state index contributed by atoms with van der Waals surface area (Å²) >= 11 is 0. The number of hydrogen-bond donors (Lipinski definition) is 0. The fourth-order valence-electron chi connectivity index (χ4n) is 1.49. The lowest BCUT2D eigenvalue weighted by Gasteiger charge is -2.31. The van der Waals surface area contributed by atoms with E-state index in [1.807, 2.05) is 0 Å². The number of hydrogen-bond acceptors (Lipinski definition) is 4. The average Bonchev–Trinajstić information content (AvgIpc) is 2.39. The second kappa shape index (κ2) is 2.75. The topological polar surface area (TPSA) is 55.8 Å². The summed E-state index contributed by atoms with van der Waals surface area (Å²) in [6.45, 7) is 1.18. The molecular weight excluding hydrogens is 162 g/mol. The predicted octanol–water partition coefficient (Wildman–Crippen LogP) is -0.883. The van der Waals surface area contributed by atoms with Crippen LogP contribution in [-0.2, 0) is 19.1 Å². The van der Waals surface area contributed by atoms with Gasteiger partial charge in [0.1, 0.15) is 18.9 Å². The first-order valence-corrected chi connectivity index (χ1v) is 3.81. The third kappa shape index (κ3) is 1.06. The van der Waals surface area contributed by atoms with Gasteiger partial charge in [0.2, 0.25) is 5.91 Å². The second-order valence-corrected chi connectivity index (χ2v) is 2.89. The van der Waals surface area contributed by atoms with Crippen LogP contribution >= 0.6 is 0 Å². The van der Waals surface area contributed by atoms with Gasteiger partial charge in [-0.3, -0.25) is 9.59 Å². The van der Waals surface area contributed by atoms with Gasteiger partial charge < -0.3 is 14.4 Å². The fourth-order valence-corrected chi connectivity index (χ4v) is 1.49. The molecule has 2 fully saturated rings. The maximum atomic E-state index is 10.9. The Labute approximate surface area is 69.2 Å². The van der Waals surface area contributed by atoms with Crippen molar-refractivity contribution in [3.63, 3.8) is 0 Å². The van der Waals surface area contributed by atoms with Crippen LogP contribution in [0.3, 0.4) is 0 Å². The van der Waals surface area contributed by atoms with Gasteiger partial charge in [-0.05, 0) is 0 Å². The zero-order valence-corrected chi connectivity index (χ0v) is 6.43. The Hall–Kier alpha value is -1.10. The van der Waals surface area contributed by atoms with Crippen LogP contribution < -0.4 is 0 Å². The van der Waals surface area contributed by atoms with Gasteiger partial charge in [-0.1, -0.05) is 0 Å². The molecule has 0 bridgehead atoms. The molecule has 0 aliphatic carbocycles. The number of fused-ring (bicyclic) bond motifs is 1. The van der Waals surface area contributed by atoms with Gasteiger partial charge in [-0.15, -0.1) is 0 Å². The van der Waals surface area contributed by atoms with Gasteiger partial charge in [0.05, 0.1) is 13.0 Å². The van der Waals surface area contributed by atoms with E-state index in [4.69, 9.17) is 4.74 Å². The lowest BCUT2D eigenvalue weighted by Crippen LogP contribution is -2.48. The van der Waals surface area contributed by atoms with E-state index in [1.165, 1.54) is 0 Å². The standard InChI is InChI=1S/C7H9NO4/c9-4-11-3-5-2-8-6(10)1-7(8)12-5/h4-5,7H,1-3H2. The van der Waals surface area contributed by atoms with E-state index in [0.29, 0.717) is 19.4 Å². The number of rotatable bonds is 3. The van der Waals surface area contributed by atoms with Gasteiger partial charge in [-0.2, -0.15) is 0 Å². The van der Waals surface area contributed by atoms with Crippen molar-refractivity contribution in [2.24, 2.45) is 0 Å². The van der Waals surface area contributed by atoms with Crippen molar-refractivity contribution in [3.05, 3.63) is 0 Å². The van der Waals surface area contributed by atoms with Crippen LogP contribution in [0.15, 0.2) is 0 Å². The summed E-state index contributed by atoms with van der Waals surface area (Å²) in [4.78, 5) is 22.4. The number of carbonyl (C=O) groups excluding carboxylic acids is 2. The molecule has 12 heavy (non-hydrogen) atoms. The van der Waals surface area contributed by atoms with Crippen molar-refractivity contribution in [2.75, 3.05) is 13.2 Å². The largest absolute Gasteiger partial charge is 0.465 e. The van der Waals surface area contributed by atoms with Crippen molar-refractivity contribution in [2.45, 2.75) is 18.8 Å². The zero-order valence-electron chi connectivity index (χ0n) is 6.43. The van der Waals surface area contributed by atoms with Gasteiger partial charge in [0, 0.05) is 0 Å². The summed E-state index contributed by atoms with van der Waals surface area (Å²) in [6.07, 6.45) is 0.279. The van der Waals surface area contributed by atoms with Gasteiger partial charge in [0.15, 0.2) is 0 Å². The number of nitrogens with zero attached hydrogens (tertiary/aromatic N) is 1. The molecule has 2 aliphatic rings. The second-order valence-electron chi connectivity index (χ2n) is 2.89. The molecule has 0 radical (unpaired) electrons. The van der Waals surface area contributed by atoms with Crippen LogP contribution in [0.2, 0.25) is 0 Å². The lowest BCUT2D eigenvalue weighted by atomic mass is 10.2. The van der Waals surface area contributed by atoms with E-state index in [1.54, 1.807) is 4.90 Å². The molecule has 0 saturated carbocycles. The van der Waals surface area contributed by atoms with Gasteiger partial charge in [0.25, 0.3) is 6.47 Å². The Morgan fingerprint density at radius 3 is 3.17 bits per heavy atom. The first kappa shape index (κ1) is 7.54. The van der Waals surface area contributed by atoms with E-state index in [-0.39, 0.29) is 24.8 Å². The molecule has 0 aromatic carbocycles. The summed E-state index contributed by atoms with van der Waals surface area (Å²) < 4.78 is 9.89. The molecule has 0 N–H and O–H groups in total. The zero-order chi connectivity index (χ0) is 8.55. The highest BCUT2D eigenvalue weighted by Crippen LogP contribution is 2.28. The first-order chi connectivity index (χ1) is 5.81. The van der Waals surface area contributed by atoms with E-state index in [2.05, 4.69) is 4.74 Å². The highest BCUT2D eigenvalue weighted by molar-refractivity contribution is 5.82. The smallest absolute Gasteiger partial charge is 0.293 e. The summed E-state index contributed by atoms with van der Waals surface area (Å²) in [6, 6.07) is 0. The summed E-state index contributed by atoms with van der Waals surface area (Å²) in [7, 11) is 0. The lowest BCUT2D eigenvalue weighted by molar-refractivity contribution is -0.157. The maximum Gasteiger partial charge on any atom is 0.293 e. The van der Waals surface area contributed by atoms with Crippen LogP contribution in [0.1, 0.15) is 6.42 Å². The van der Waals surface area contributed by atoms with Crippen LogP contribution in [0.25, 0.3) is 0 Å². The molecule has 5 nitrogen and oxygen atoms in total. The quantitative estimate of drug-likeness (QED) is 0.408. The third-order valence-electron chi connectivity index (χ3n) is 2.12. The van der Waals surface area contributed by atoms with E-state index < -0.39 is 0 Å². The molecule has 2 aliphatic heterocycles. The van der Waals surface area contributed by atoms with Gasteiger partial charge in [-0.25, -0.2) is 0 Å². The highest BCUT2D eigenvalue weighted by Gasteiger charge is 2.45. The number of β-lactam (4-membered cyclic amide) rings is 1. The minimum absolute atomic E-state index is 0.0576. The normalized spacial score (nSPS) is 32.7. The van der Waals surface area contributed by atoms with Gasteiger partial charge >= 0.3 is 0 Å². The Morgan fingerprint density at radius 1 is 1.75 bits per heavy atom. The molecule has 2 heterocycles. The van der Waals surface area contributed by atoms with Crippen molar-refractivity contribution < 1.29 is 19.1 Å². The maximum absolute atomic E-state index is 10.9. The number of ether oxygens (including phenoxy) is 2. The molecular formula is C7H9NO4. The summed E-state index contributed by atoms with van der Waals surface area (Å²) in [5.74, 6) is 0.119.